The molecule has 1 aromatic rings. The average Bonchev–Trinajstić information content (AvgIpc) is 2.33. The fourth-order valence-corrected chi connectivity index (χ4v) is 0.881. The van der Waals surface area contributed by atoms with Gasteiger partial charge in [-0.1, -0.05) is 0 Å². The van der Waals surface area contributed by atoms with Crippen LogP contribution in [0.3, 0.4) is 0 Å². The van der Waals surface area contributed by atoms with Crippen LogP contribution in [0.2, 0.25) is 0 Å². The van der Waals surface area contributed by atoms with Crippen molar-refractivity contribution in [2.45, 2.75) is 6.29 Å². The van der Waals surface area contributed by atoms with Crippen LogP contribution >= 0.6 is 0 Å². The van der Waals surface area contributed by atoms with Gasteiger partial charge < -0.3 is 9.73 Å². The highest BCUT2D eigenvalue weighted by Crippen LogP contribution is 2.17. The summed E-state index contributed by atoms with van der Waals surface area (Å²) in [4.78, 5) is 3.93. The maximum absolute atomic E-state index is 5.46. The van der Waals surface area contributed by atoms with E-state index in [1.165, 1.54) is 0 Å². The van der Waals surface area contributed by atoms with E-state index in [4.69, 9.17) is 10.2 Å². The summed E-state index contributed by atoms with van der Waals surface area (Å²) < 4.78 is 4.91. The SMILES string of the molecule is NC1N=Cc2cocc2N1. The van der Waals surface area contributed by atoms with Crippen LogP contribution in [0.4, 0.5) is 5.69 Å². The molecule has 0 saturated heterocycles. The molecule has 52 valence electrons. The Hall–Kier alpha value is -1.29. The van der Waals surface area contributed by atoms with Crippen LogP contribution in [0.1, 0.15) is 5.56 Å². The third-order valence-electron chi connectivity index (χ3n) is 1.37. The summed E-state index contributed by atoms with van der Waals surface area (Å²) in [6.45, 7) is 0. The number of nitrogens with one attached hydrogen (secondary N) is 1. The largest absolute Gasteiger partial charge is 0.470 e. The molecule has 0 spiro atoms. The fraction of sp³-hybridized carbons (Fsp3) is 0.167. The molecule has 1 aliphatic rings. The van der Waals surface area contributed by atoms with Gasteiger partial charge in [-0.05, 0) is 0 Å². The minimum atomic E-state index is -0.329. The number of hydrogen-bond acceptors (Lipinski definition) is 4. The van der Waals surface area contributed by atoms with Gasteiger partial charge in [-0.15, -0.1) is 0 Å². The van der Waals surface area contributed by atoms with Crippen LogP contribution in [0.5, 0.6) is 0 Å². The lowest BCUT2D eigenvalue weighted by Gasteiger charge is -2.12. The van der Waals surface area contributed by atoms with E-state index in [-0.39, 0.29) is 6.29 Å². The molecule has 0 amide bonds. The van der Waals surface area contributed by atoms with Crippen molar-refractivity contribution in [3.8, 4) is 0 Å². The van der Waals surface area contributed by atoms with Crippen LogP contribution in [-0.2, 0) is 0 Å². The topological polar surface area (TPSA) is 63.5 Å². The lowest BCUT2D eigenvalue weighted by molar-refractivity contribution is 0.567. The second-order valence-corrected chi connectivity index (χ2v) is 2.11. The predicted molar refractivity (Wildman–Crippen MR) is 37.9 cm³/mol. The van der Waals surface area contributed by atoms with Crippen molar-refractivity contribution in [3.05, 3.63) is 18.1 Å². The van der Waals surface area contributed by atoms with Crippen molar-refractivity contribution in [3.63, 3.8) is 0 Å². The smallest absolute Gasteiger partial charge is 0.171 e. The van der Waals surface area contributed by atoms with Crippen molar-refractivity contribution in [2.75, 3.05) is 5.32 Å². The second-order valence-electron chi connectivity index (χ2n) is 2.11. The van der Waals surface area contributed by atoms with E-state index in [1.807, 2.05) is 0 Å². The number of nitrogens with two attached hydrogens (primary N) is 1. The highest BCUT2D eigenvalue weighted by atomic mass is 16.3. The standard InChI is InChI=1S/C6H7N3O/c7-6-8-1-4-2-10-3-5(4)9-6/h1-3,6,9H,7H2. The van der Waals surface area contributed by atoms with E-state index in [9.17, 15) is 0 Å². The Labute approximate surface area is 57.7 Å². The molecule has 1 atom stereocenters. The molecular formula is C6H7N3O. The summed E-state index contributed by atoms with van der Waals surface area (Å²) in [5.41, 5.74) is 7.31. The zero-order valence-corrected chi connectivity index (χ0v) is 5.24. The molecule has 3 N–H and O–H groups in total. The zero-order valence-electron chi connectivity index (χ0n) is 5.24. The van der Waals surface area contributed by atoms with Gasteiger partial charge in [0.15, 0.2) is 6.29 Å². The summed E-state index contributed by atoms with van der Waals surface area (Å²) in [5.74, 6) is 0. The van der Waals surface area contributed by atoms with Crippen molar-refractivity contribution < 1.29 is 4.42 Å². The quantitative estimate of drug-likeness (QED) is 0.542. The van der Waals surface area contributed by atoms with Gasteiger partial charge in [0.2, 0.25) is 0 Å². The summed E-state index contributed by atoms with van der Waals surface area (Å²) in [7, 11) is 0. The third kappa shape index (κ3) is 0.698. The first kappa shape index (κ1) is 5.49. The average molecular weight is 137 g/mol. The highest BCUT2D eigenvalue weighted by molar-refractivity contribution is 5.88. The summed E-state index contributed by atoms with van der Waals surface area (Å²) in [6, 6.07) is 0. The number of hydrogen-bond donors (Lipinski definition) is 2. The Morgan fingerprint density at radius 1 is 1.60 bits per heavy atom. The number of furan rings is 1. The van der Waals surface area contributed by atoms with Gasteiger partial charge in [0.05, 0.1) is 11.3 Å². The normalized spacial score (nSPS) is 21.9. The van der Waals surface area contributed by atoms with Crippen LogP contribution in [0, 0.1) is 0 Å². The van der Waals surface area contributed by atoms with Gasteiger partial charge >= 0.3 is 0 Å². The van der Waals surface area contributed by atoms with Crippen LogP contribution in [0.25, 0.3) is 0 Å². The van der Waals surface area contributed by atoms with E-state index in [2.05, 4.69) is 10.3 Å². The van der Waals surface area contributed by atoms with Gasteiger partial charge in [0.1, 0.15) is 12.5 Å². The lowest BCUT2D eigenvalue weighted by Crippen LogP contribution is -2.29. The molecule has 2 rings (SSSR count). The van der Waals surface area contributed by atoms with Gasteiger partial charge in [-0.25, -0.2) is 0 Å². The first-order valence-electron chi connectivity index (χ1n) is 2.98. The van der Waals surface area contributed by atoms with E-state index < -0.39 is 0 Å². The van der Waals surface area contributed by atoms with Crippen molar-refractivity contribution in [1.82, 2.24) is 0 Å². The first-order valence-corrected chi connectivity index (χ1v) is 2.98. The van der Waals surface area contributed by atoms with Crippen LogP contribution < -0.4 is 11.1 Å². The minimum Gasteiger partial charge on any atom is -0.470 e. The predicted octanol–water partition coefficient (Wildman–Crippen LogP) is 0.366. The minimum absolute atomic E-state index is 0.329. The molecule has 0 bridgehead atoms. The van der Waals surface area contributed by atoms with Gasteiger partial charge in [0.25, 0.3) is 0 Å². The molecule has 2 heterocycles. The molecule has 1 unspecified atom stereocenters. The van der Waals surface area contributed by atoms with Crippen molar-refractivity contribution in [1.29, 1.82) is 0 Å². The molecule has 0 fully saturated rings. The molecule has 0 aromatic carbocycles. The van der Waals surface area contributed by atoms with Gasteiger partial charge in [-0.3, -0.25) is 10.7 Å². The summed E-state index contributed by atoms with van der Waals surface area (Å²) in [5, 5.41) is 2.93. The Bertz CT molecular complexity index is 266. The Kier molecular flexibility index (Phi) is 1.01. The molecule has 1 aromatic heterocycles. The van der Waals surface area contributed by atoms with Crippen LogP contribution in [0.15, 0.2) is 21.9 Å². The number of anilines is 1. The highest BCUT2D eigenvalue weighted by Gasteiger charge is 2.10. The molecule has 4 heteroatoms. The number of nitrogens with zero attached hydrogens (tertiary/aromatic N) is 1. The van der Waals surface area contributed by atoms with Crippen molar-refractivity contribution >= 4 is 11.9 Å². The lowest BCUT2D eigenvalue weighted by atomic mass is 10.3. The second kappa shape index (κ2) is 1.85. The molecular weight excluding hydrogens is 130 g/mol. The first-order chi connectivity index (χ1) is 4.86. The third-order valence-corrected chi connectivity index (χ3v) is 1.37. The molecule has 1 aliphatic heterocycles. The fourth-order valence-electron chi connectivity index (χ4n) is 0.881. The maximum Gasteiger partial charge on any atom is 0.171 e. The Morgan fingerprint density at radius 2 is 2.50 bits per heavy atom. The number of aliphatic imine (C=N–C) groups is 1. The summed E-state index contributed by atoms with van der Waals surface area (Å²) >= 11 is 0. The van der Waals surface area contributed by atoms with Crippen molar-refractivity contribution in [2.24, 2.45) is 10.7 Å². The zero-order chi connectivity index (χ0) is 6.97. The summed E-state index contributed by atoms with van der Waals surface area (Å²) in [6.07, 6.45) is 4.60. The van der Waals surface area contributed by atoms with Crippen LogP contribution in [-0.4, -0.2) is 12.5 Å². The Morgan fingerprint density at radius 3 is 3.40 bits per heavy atom. The van der Waals surface area contributed by atoms with Gasteiger partial charge in [0, 0.05) is 6.21 Å². The van der Waals surface area contributed by atoms with E-state index >= 15 is 0 Å². The monoisotopic (exact) mass is 137 g/mol. The van der Waals surface area contributed by atoms with E-state index in [0.29, 0.717) is 0 Å². The Balaban J connectivity index is 2.43. The van der Waals surface area contributed by atoms with E-state index in [1.54, 1.807) is 18.7 Å². The number of fused-ring (bicyclic) bond motifs is 1. The molecule has 0 saturated carbocycles. The van der Waals surface area contributed by atoms with E-state index in [0.717, 1.165) is 11.3 Å². The molecule has 4 nitrogen and oxygen atoms in total. The maximum atomic E-state index is 5.46. The molecule has 0 aliphatic carbocycles. The molecule has 0 radical (unpaired) electrons. The molecule has 10 heavy (non-hydrogen) atoms. The van der Waals surface area contributed by atoms with Gasteiger partial charge in [-0.2, -0.15) is 0 Å². The number of rotatable bonds is 0.